The smallest absolute Gasteiger partial charge is 0.429 e. The highest BCUT2D eigenvalue weighted by molar-refractivity contribution is 7.91. The Morgan fingerprint density at radius 2 is 1.92 bits per heavy atom. The van der Waals surface area contributed by atoms with Crippen LogP contribution in [0.4, 0.5) is 27.6 Å². The SMILES string of the molecule is Cc1c(C(F)(F)F)nnc(Oc2c(F)cc(C3(C#N)CC3)nc2F)c1C(=O)Nc1cccc(S(C)(=N)=O)c1. The Morgan fingerprint density at radius 3 is 2.47 bits per heavy atom. The number of hydrogen-bond donors (Lipinski definition) is 2. The van der Waals surface area contributed by atoms with Gasteiger partial charge < -0.3 is 10.1 Å². The lowest BCUT2D eigenvalue weighted by Crippen LogP contribution is -2.21. The minimum absolute atomic E-state index is 0.0281. The van der Waals surface area contributed by atoms with Crippen molar-refractivity contribution in [2.24, 2.45) is 0 Å². The van der Waals surface area contributed by atoms with E-state index < -0.39 is 67.4 Å². The van der Waals surface area contributed by atoms with Crippen LogP contribution in [0.1, 0.15) is 40.2 Å². The van der Waals surface area contributed by atoms with E-state index in [0.29, 0.717) is 12.8 Å². The molecule has 0 radical (unpaired) electrons. The number of carbonyl (C=O) groups excluding carboxylic acids is 1. The molecule has 1 aromatic carbocycles. The lowest BCUT2D eigenvalue weighted by Gasteiger charge is -2.17. The molecule has 1 atom stereocenters. The van der Waals surface area contributed by atoms with E-state index in [2.05, 4.69) is 20.5 Å². The van der Waals surface area contributed by atoms with Crippen LogP contribution in [-0.4, -0.2) is 31.6 Å². The first-order valence-electron chi connectivity index (χ1n) is 10.7. The van der Waals surface area contributed by atoms with Gasteiger partial charge in [-0.2, -0.15) is 22.8 Å². The molecule has 0 bridgehead atoms. The second kappa shape index (κ2) is 9.28. The van der Waals surface area contributed by atoms with Crippen LogP contribution in [0.3, 0.4) is 0 Å². The topological polar surface area (TPSA) is 142 Å². The molecular formula is C23H17F5N6O3S. The maximum atomic E-state index is 14.8. The Kier molecular flexibility index (Phi) is 6.56. The van der Waals surface area contributed by atoms with Crippen molar-refractivity contribution in [1.29, 1.82) is 10.0 Å². The van der Waals surface area contributed by atoms with Gasteiger partial charge in [0.15, 0.2) is 11.5 Å². The number of rotatable bonds is 6. The van der Waals surface area contributed by atoms with Crippen LogP contribution in [0.15, 0.2) is 35.2 Å². The lowest BCUT2D eigenvalue weighted by atomic mass is 10.0. The summed E-state index contributed by atoms with van der Waals surface area (Å²) in [4.78, 5) is 16.7. The first kappa shape index (κ1) is 26.9. The van der Waals surface area contributed by atoms with Crippen molar-refractivity contribution in [3.63, 3.8) is 0 Å². The van der Waals surface area contributed by atoms with Gasteiger partial charge in [-0.3, -0.25) is 4.79 Å². The van der Waals surface area contributed by atoms with Gasteiger partial charge in [0.05, 0.1) is 26.9 Å². The number of nitrogens with one attached hydrogen (secondary N) is 2. The van der Waals surface area contributed by atoms with Crippen molar-refractivity contribution < 1.29 is 35.7 Å². The normalized spacial score (nSPS) is 15.7. The number of ether oxygens (including phenoxy) is 1. The monoisotopic (exact) mass is 552 g/mol. The Labute approximate surface area is 212 Å². The number of aromatic nitrogens is 3. The minimum Gasteiger partial charge on any atom is -0.429 e. The molecule has 2 N–H and O–H groups in total. The average Bonchev–Trinajstić information content (AvgIpc) is 3.61. The fourth-order valence-corrected chi connectivity index (χ4v) is 4.26. The second-order valence-electron chi connectivity index (χ2n) is 8.58. The Hall–Kier alpha value is -4.19. The van der Waals surface area contributed by atoms with Crippen molar-refractivity contribution in [1.82, 2.24) is 15.2 Å². The second-order valence-corrected chi connectivity index (χ2v) is 10.7. The standard InChI is InChI=1S/C23H17F5N6O3S/c1-11-16(20(35)31-12-4-3-5-13(8-12)38(2,30)36)21(34-33-18(11)23(26,27)28)37-17-14(24)9-15(32-19(17)25)22(10-29)6-7-22/h3-5,8-9,30H,6-7H2,1-2H3,(H,31,35). The van der Waals surface area contributed by atoms with Gasteiger partial charge in [0, 0.05) is 22.9 Å². The number of benzene rings is 1. The van der Waals surface area contributed by atoms with Crippen LogP contribution >= 0.6 is 0 Å². The number of halogens is 5. The summed E-state index contributed by atoms with van der Waals surface area (Å²) in [7, 11) is -3.19. The molecular weight excluding hydrogens is 535 g/mol. The molecule has 0 saturated heterocycles. The predicted octanol–water partition coefficient (Wildman–Crippen LogP) is 5.11. The fraction of sp³-hybridized carbons (Fsp3) is 0.261. The molecule has 9 nitrogen and oxygen atoms in total. The van der Waals surface area contributed by atoms with Gasteiger partial charge >= 0.3 is 6.18 Å². The fourth-order valence-electron chi connectivity index (χ4n) is 3.57. The highest BCUT2D eigenvalue weighted by Gasteiger charge is 2.47. The zero-order valence-corrected chi connectivity index (χ0v) is 20.4. The molecule has 3 aromatic rings. The molecule has 2 aromatic heterocycles. The summed E-state index contributed by atoms with van der Waals surface area (Å²) in [5, 5.41) is 17.8. The van der Waals surface area contributed by atoms with Gasteiger partial charge in [-0.05, 0) is 43.5 Å². The third kappa shape index (κ3) is 5.12. The molecule has 0 spiro atoms. The molecule has 1 amide bonds. The van der Waals surface area contributed by atoms with Crippen molar-refractivity contribution >= 4 is 21.3 Å². The third-order valence-electron chi connectivity index (χ3n) is 5.76. The van der Waals surface area contributed by atoms with Crippen molar-refractivity contribution in [2.45, 2.75) is 36.3 Å². The van der Waals surface area contributed by atoms with Crippen LogP contribution in [-0.2, 0) is 21.3 Å². The van der Waals surface area contributed by atoms with Crippen molar-refractivity contribution in [2.75, 3.05) is 11.6 Å². The van der Waals surface area contributed by atoms with Gasteiger partial charge in [0.1, 0.15) is 5.56 Å². The van der Waals surface area contributed by atoms with Crippen LogP contribution < -0.4 is 10.1 Å². The van der Waals surface area contributed by atoms with Gasteiger partial charge in [0.2, 0.25) is 5.75 Å². The number of amides is 1. The summed E-state index contributed by atoms with van der Waals surface area (Å²) < 4.78 is 94.9. The summed E-state index contributed by atoms with van der Waals surface area (Å²) in [6.07, 6.45) is -3.20. The van der Waals surface area contributed by atoms with E-state index in [9.17, 15) is 36.2 Å². The van der Waals surface area contributed by atoms with Gasteiger partial charge in [-0.15, -0.1) is 10.2 Å². The molecule has 38 heavy (non-hydrogen) atoms. The molecule has 1 saturated carbocycles. The zero-order valence-electron chi connectivity index (χ0n) is 19.6. The molecule has 1 aliphatic carbocycles. The van der Waals surface area contributed by atoms with Crippen LogP contribution in [0.2, 0.25) is 0 Å². The summed E-state index contributed by atoms with van der Waals surface area (Å²) in [5.41, 5.74) is -4.45. The lowest BCUT2D eigenvalue weighted by molar-refractivity contribution is -0.142. The Bertz CT molecular complexity index is 1590. The summed E-state index contributed by atoms with van der Waals surface area (Å²) in [5.74, 6) is -6.15. The molecule has 2 heterocycles. The zero-order chi connectivity index (χ0) is 28.0. The number of anilines is 1. The molecule has 1 unspecified atom stereocenters. The summed E-state index contributed by atoms with van der Waals surface area (Å²) in [6.45, 7) is 0.899. The quantitative estimate of drug-likeness (QED) is 0.320. The van der Waals surface area contributed by atoms with Crippen LogP contribution in [0, 0.1) is 34.8 Å². The molecule has 198 valence electrons. The maximum absolute atomic E-state index is 14.8. The van der Waals surface area contributed by atoms with Crippen LogP contribution in [0.25, 0.3) is 0 Å². The summed E-state index contributed by atoms with van der Waals surface area (Å²) >= 11 is 0. The molecule has 1 fully saturated rings. The van der Waals surface area contributed by atoms with E-state index in [1.807, 2.05) is 6.07 Å². The van der Waals surface area contributed by atoms with E-state index in [4.69, 9.17) is 9.52 Å². The maximum Gasteiger partial charge on any atom is 0.435 e. The van der Waals surface area contributed by atoms with E-state index in [0.717, 1.165) is 19.2 Å². The number of nitriles is 1. The molecule has 1 aliphatic rings. The van der Waals surface area contributed by atoms with E-state index in [-0.39, 0.29) is 16.3 Å². The Balaban J connectivity index is 1.77. The van der Waals surface area contributed by atoms with Gasteiger partial charge in [0.25, 0.3) is 17.7 Å². The van der Waals surface area contributed by atoms with Gasteiger partial charge in [-0.25, -0.2) is 18.4 Å². The van der Waals surface area contributed by atoms with Crippen molar-refractivity contribution in [3.05, 3.63) is 64.6 Å². The number of nitrogens with zero attached hydrogens (tertiary/aromatic N) is 4. The van der Waals surface area contributed by atoms with Crippen molar-refractivity contribution in [3.8, 4) is 17.7 Å². The first-order valence-corrected chi connectivity index (χ1v) is 12.7. The molecule has 15 heteroatoms. The number of hydrogen-bond acceptors (Lipinski definition) is 8. The predicted molar refractivity (Wildman–Crippen MR) is 122 cm³/mol. The molecule has 0 aliphatic heterocycles. The minimum atomic E-state index is -5.03. The van der Waals surface area contributed by atoms with E-state index in [1.165, 1.54) is 24.3 Å². The van der Waals surface area contributed by atoms with E-state index in [1.54, 1.807) is 0 Å². The third-order valence-corrected chi connectivity index (χ3v) is 6.92. The van der Waals surface area contributed by atoms with Gasteiger partial charge in [-0.1, -0.05) is 6.07 Å². The molecule has 4 rings (SSSR count). The largest absolute Gasteiger partial charge is 0.435 e. The number of alkyl halides is 3. The van der Waals surface area contributed by atoms with Crippen LogP contribution in [0.5, 0.6) is 11.6 Å². The number of carbonyl (C=O) groups is 1. The summed E-state index contributed by atoms with van der Waals surface area (Å²) in [6, 6.07) is 7.94. The highest BCUT2D eigenvalue weighted by atomic mass is 32.2. The Morgan fingerprint density at radius 1 is 1.24 bits per heavy atom. The number of pyridine rings is 1. The average molecular weight is 552 g/mol. The van der Waals surface area contributed by atoms with E-state index >= 15 is 0 Å². The first-order chi connectivity index (χ1) is 17.7. The highest BCUT2D eigenvalue weighted by Crippen LogP contribution is 2.47.